The standard InChI is InChI=1S/C39H31Cl2F3N4O6S/c40-23-7-5-21(6-8-23)38-29(35(51)48(37(38)53)46-33-30(41)16-22(18-45-33)39(42,43)44)17-28-26(32(38)20-3-9-24(10-4-20)54-14-13-49)11-12-27-31(28)36(52)47(34(27)50)19-25-2-1-15-55-25/h1-11,15-16,18,27-29,31-32,49H,12-14,17,19H2,(H,45,46)/t27-,28+,29-,31-,32-,38+/m0/s1. The minimum absolute atomic E-state index is 0.00656. The van der Waals surface area contributed by atoms with Gasteiger partial charge in [-0.1, -0.05) is 65.2 Å². The summed E-state index contributed by atoms with van der Waals surface area (Å²) in [5.74, 6) is -6.09. The maximum Gasteiger partial charge on any atom is 0.417 e. The van der Waals surface area contributed by atoms with Gasteiger partial charge in [0.05, 0.1) is 46.9 Å². The zero-order valence-electron chi connectivity index (χ0n) is 28.6. The van der Waals surface area contributed by atoms with E-state index in [1.165, 1.54) is 16.2 Å². The van der Waals surface area contributed by atoms with Crippen molar-refractivity contribution in [1.29, 1.82) is 0 Å². The van der Waals surface area contributed by atoms with Crippen LogP contribution in [0.2, 0.25) is 10.0 Å². The van der Waals surface area contributed by atoms with E-state index in [0.717, 1.165) is 9.89 Å². The normalized spacial score (nSPS) is 26.1. The number of hydrazine groups is 1. The van der Waals surface area contributed by atoms with Crippen LogP contribution in [0, 0.1) is 23.7 Å². The number of anilines is 1. The molecular weight excluding hydrogens is 780 g/mol. The van der Waals surface area contributed by atoms with Gasteiger partial charge in [0.2, 0.25) is 11.8 Å². The highest BCUT2D eigenvalue weighted by atomic mass is 35.5. The molecule has 2 aliphatic carbocycles. The Bertz CT molecular complexity index is 2220. The molecule has 2 aromatic heterocycles. The monoisotopic (exact) mass is 810 g/mol. The third-order valence-corrected chi connectivity index (χ3v) is 12.5. The Morgan fingerprint density at radius 1 is 0.982 bits per heavy atom. The van der Waals surface area contributed by atoms with Crippen molar-refractivity contribution in [2.75, 3.05) is 18.6 Å². The predicted molar refractivity (Wildman–Crippen MR) is 196 cm³/mol. The van der Waals surface area contributed by atoms with Crippen LogP contribution < -0.4 is 10.2 Å². The number of hydrogen-bond donors (Lipinski definition) is 2. The summed E-state index contributed by atoms with van der Waals surface area (Å²) in [6.45, 7) is -0.0459. The lowest BCUT2D eigenvalue weighted by atomic mass is 9.49. The summed E-state index contributed by atoms with van der Waals surface area (Å²) < 4.78 is 46.0. The Balaban J connectivity index is 1.28. The SMILES string of the molecule is O=C1[C@H]2[C@H](CC=C3[C@H]2C[C@H]2C(=O)N(Nc4ncc(C(F)(F)F)cc4Cl)C(=O)[C@@]2(c2ccc(Cl)cc2)[C@H]3c2ccc(OCCO)cc2)C(=O)N1Cc1cccs1. The van der Waals surface area contributed by atoms with Gasteiger partial charge >= 0.3 is 6.18 Å². The van der Waals surface area contributed by atoms with Crippen LogP contribution in [0.5, 0.6) is 5.75 Å². The van der Waals surface area contributed by atoms with E-state index in [2.05, 4.69) is 10.4 Å². The van der Waals surface area contributed by atoms with Gasteiger partial charge < -0.3 is 9.84 Å². The molecule has 2 aromatic carbocycles. The van der Waals surface area contributed by atoms with E-state index in [-0.39, 0.29) is 50.2 Å². The molecular formula is C39H31Cl2F3N4O6S. The van der Waals surface area contributed by atoms with Crippen LogP contribution in [0.4, 0.5) is 19.0 Å². The lowest BCUT2D eigenvalue weighted by molar-refractivity contribution is -0.142. The van der Waals surface area contributed by atoms with Gasteiger partial charge in [-0.2, -0.15) is 18.2 Å². The Hall–Kier alpha value is -4.76. The van der Waals surface area contributed by atoms with Gasteiger partial charge in [0.1, 0.15) is 12.4 Å². The number of ether oxygens (including phenoxy) is 1. The maximum atomic E-state index is 15.3. The third-order valence-electron chi connectivity index (χ3n) is 11.1. The molecule has 10 nitrogen and oxygen atoms in total. The number of halogens is 5. The number of imide groups is 2. The number of nitrogens with zero attached hydrogens (tertiary/aromatic N) is 3. The fraction of sp³-hybridized carbons (Fsp3) is 0.308. The first-order valence-corrected chi connectivity index (χ1v) is 19.0. The number of likely N-dealkylation sites (tertiary alicyclic amines) is 1. The molecule has 2 saturated heterocycles. The molecule has 3 fully saturated rings. The quantitative estimate of drug-likeness (QED) is 0.136. The van der Waals surface area contributed by atoms with Gasteiger partial charge in [0, 0.05) is 22.0 Å². The van der Waals surface area contributed by atoms with Gasteiger partial charge in [-0.25, -0.2) is 4.98 Å². The van der Waals surface area contributed by atoms with Gasteiger partial charge in [-0.05, 0) is 71.7 Å². The molecule has 2 aliphatic heterocycles. The first-order valence-electron chi connectivity index (χ1n) is 17.4. The van der Waals surface area contributed by atoms with Gasteiger partial charge in [-0.15, -0.1) is 11.3 Å². The number of rotatable bonds is 9. The van der Waals surface area contributed by atoms with Crippen LogP contribution >= 0.6 is 34.5 Å². The minimum atomic E-state index is -4.74. The fourth-order valence-corrected chi connectivity index (χ4v) is 9.88. The summed E-state index contributed by atoms with van der Waals surface area (Å²) in [5.41, 5.74) is 1.61. The Morgan fingerprint density at radius 2 is 1.73 bits per heavy atom. The highest BCUT2D eigenvalue weighted by molar-refractivity contribution is 7.09. The van der Waals surface area contributed by atoms with Crippen LogP contribution in [-0.4, -0.2) is 56.8 Å². The molecule has 4 amide bonds. The number of alkyl halides is 3. The second-order valence-corrected chi connectivity index (χ2v) is 15.8. The molecule has 4 aromatic rings. The van der Waals surface area contributed by atoms with Crippen molar-refractivity contribution in [3.63, 3.8) is 0 Å². The van der Waals surface area contributed by atoms with E-state index >= 15 is 4.79 Å². The van der Waals surface area contributed by atoms with Gasteiger partial charge in [0.25, 0.3) is 11.8 Å². The van der Waals surface area contributed by atoms with Crippen molar-refractivity contribution >= 4 is 64.0 Å². The molecule has 6 atom stereocenters. The second kappa shape index (κ2) is 14.1. The number of hydrogen-bond acceptors (Lipinski definition) is 9. The van der Waals surface area contributed by atoms with Crippen LogP contribution in [-0.2, 0) is 37.3 Å². The number of nitrogens with one attached hydrogen (secondary N) is 1. The van der Waals surface area contributed by atoms with Crippen LogP contribution in [0.15, 0.2) is 90.0 Å². The summed E-state index contributed by atoms with van der Waals surface area (Å²) >= 11 is 14.0. The average molecular weight is 812 g/mol. The minimum Gasteiger partial charge on any atom is -0.491 e. The first-order chi connectivity index (χ1) is 26.3. The number of aromatic nitrogens is 1. The van der Waals surface area contributed by atoms with Crippen molar-refractivity contribution in [3.05, 3.63) is 122 Å². The van der Waals surface area contributed by atoms with E-state index in [1.54, 1.807) is 48.5 Å². The summed E-state index contributed by atoms with van der Waals surface area (Å²) in [4.78, 5) is 64.3. The summed E-state index contributed by atoms with van der Waals surface area (Å²) in [5, 5.41) is 11.8. The molecule has 4 aliphatic rings. The van der Waals surface area contributed by atoms with Crippen LogP contribution in [0.1, 0.15) is 40.3 Å². The molecule has 0 spiro atoms. The van der Waals surface area contributed by atoms with E-state index in [4.69, 9.17) is 27.9 Å². The largest absolute Gasteiger partial charge is 0.491 e. The molecule has 55 heavy (non-hydrogen) atoms. The number of thiophene rings is 1. The van der Waals surface area contributed by atoms with Crippen LogP contribution in [0.3, 0.4) is 0 Å². The number of amides is 4. The number of carbonyl (C=O) groups is 4. The Morgan fingerprint density at radius 3 is 2.38 bits per heavy atom. The van der Waals surface area contributed by atoms with E-state index in [9.17, 15) is 32.7 Å². The zero-order chi connectivity index (χ0) is 38.8. The average Bonchev–Trinajstić information content (AvgIpc) is 3.83. The maximum absolute atomic E-state index is 15.3. The van der Waals surface area contributed by atoms with E-state index < -0.39 is 63.6 Å². The number of allylic oxidation sites excluding steroid dienone is 2. The van der Waals surface area contributed by atoms with Crippen molar-refractivity contribution in [3.8, 4) is 5.75 Å². The highest BCUT2D eigenvalue weighted by Crippen LogP contribution is 2.64. The number of aliphatic hydroxyl groups is 1. The molecule has 8 rings (SSSR count). The van der Waals surface area contributed by atoms with Crippen molar-refractivity contribution in [2.45, 2.75) is 36.9 Å². The molecule has 4 heterocycles. The second-order valence-electron chi connectivity index (χ2n) is 13.9. The number of aliphatic hydroxyl groups excluding tert-OH is 1. The lowest BCUT2D eigenvalue weighted by Crippen LogP contribution is -2.53. The molecule has 0 radical (unpaired) electrons. The van der Waals surface area contributed by atoms with Crippen molar-refractivity contribution < 1.29 is 42.2 Å². The lowest BCUT2D eigenvalue weighted by Gasteiger charge is -2.50. The van der Waals surface area contributed by atoms with E-state index in [0.29, 0.717) is 39.7 Å². The fourth-order valence-electron chi connectivity index (χ4n) is 8.86. The molecule has 2 N–H and O–H groups in total. The van der Waals surface area contributed by atoms with Crippen molar-refractivity contribution in [1.82, 2.24) is 14.9 Å². The number of benzene rings is 2. The number of pyridine rings is 1. The smallest absolute Gasteiger partial charge is 0.417 e. The first kappa shape index (κ1) is 37.2. The summed E-state index contributed by atoms with van der Waals surface area (Å²) in [6.07, 6.45) is -2.04. The summed E-state index contributed by atoms with van der Waals surface area (Å²) in [6, 6.07) is 17.8. The molecule has 0 bridgehead atoms. The topological polar surface area (TPSA) is 129 Å². The predicted octanol–water partition coefficient (Wildman–Crippen LogP) is 7.02. The third kappa shape index (κ3) is 6.10. The van der Waals surface area contributed by atoms with Crippen LogP contribution in [0.25, 0.3) is 0 Å². The Labute approximate surface area is 326 Å². The van der Waals surface area contributed by atoms with Gasteiger partial charge in [0.15, 0.2) is 5.82 Å². The number of carbonyl (C=O) groups excluding carboxylic acids is 4. The molecule has 1 saturated carbocycles. The molecule has 284 valence electrons. The number of fused-ring (bicyclic) bond motifs is 4. The summed E-state index contributed by atoms with van der Waals surface area (Å²) in [7, 11) is 0. The van der Waals surface area contributed by atoms with Crippen molar-refractivity contribution in [2.24, 2.45) is 23.7 Å². The Kier molecular flexibility index (Phi) is 9.51. The zero-order valence-corrected chi connectivity index (χ0v) is 31.0. The van der Waals surface area contributed by atoms with E-state index in [1.807, 2.05) is 23.6 Å². The molecule has 16 heteroatoms. The van der Waals surface area contributed by atoms with Gasteiger partial charge in [-0.3, -0.25) is 29.5 Å². The molecule has 0 unspecified atom stereocenters. The highest BCUT2D eigenvalue weighted by Gasteiger charge is 2.70.